The molecule has 5 heteroatoms. The van der Waals surface area contributed by atoms with Gasteiger partial charge in [-0.1, -0.05) is 29.5 Å². The molecule has 2 aromatic carbocycles. The number of amides is 1. The molecule has 2 rings (SSSR count). The Balaban J connectivity index is 2.29. The molecule has 0 aromatic heterocycles. The standard InChI is InChI=1S/C16H12ClFN2O/c17-13-6-7-15(11(9-13)4-2-8-19)20-16(21)12-3-1-5-14(18)10-12/h1,3,5-7,9-10H,8,19H2,(H,20,21). The van der Waals surface area contributed by atoms with Crippen LogP contribution in [0, 0.1) is 17.7 Å². The largest absolute Gasteiger partial charge is 0.321 e. The molecule has 3 nitrogen and oxygen atoms in total. The van der Waals surface area contributed by atoms with Gasteiger partial charge >= 0.3 is 0 Å². The summed E-state index contributed by atoms with van der Waals surface area (Å²) in [5.74, 6) is 4.64. The van der Waals surface area contributed by atoms with Crippen LogP contribution in [0.5, 0.6) is 0 Å². The molecule has 0 aliphatic carbocycles. The van der Waals surface area contributed by atoms with Gasteiger partial charge in [-0.2, -0.15) is 0 Å². The van der Waals surface area contributed by atoms with E-state index in [0.717, 1.165) is 6.07 Å². The van der Waals surface area contributed by atoms with Gasteiger partial charge in [-0.25, -0.2) is 4.39 Å². The number of carbonyl (C=O) groups excluding carboxylic acids is 1. The van der Waals surface area contributed by atoms with E-state index in [1.807, 2.05) is 0 Å². The van der Waals surface area contributed by atoms with E-state index in [2.05, 4.69) is 17.2 Å². The Morgan fingerprint density at radius 3 is 2.81 bits per heavy atom. The van der Waals surface area contributed by atoms with E-state index >= 15 is 0 Å². The predicted octanol–water partition coefficient (Wildman–Crippen LogP) is 3.04. The first kappa shape index (κ1) is 15.0. The molecule has 0 saturated carbocycles. The van der Waals surface area contributed by atoms with Crippen LogP contribution in [0.2, 0.25) is 5.02 Å². The number of carbonyl (C=O) groups is 1. The number of hydrogen-bond acceptors (Lipinski definition) is 2. The Kier molecular flexibility index (Phi) is 4.94. The lowest BCUT2D eigenvalue weighted by Gasteiger charge is -2.08. The van der Waals surface area contributed by atoms with Gasteiger partial charge in [-0.15, -0.1) is 0 Å². The summed E-state index contributed by atoms with van der Waals surface area (Å²) in [5.41, 5.74) is 6.61. The third kappa shape index (κ3) is 4.06. The molecule has 0 spiro atoms. The molecule has 0 bridgehead atoms. The fourth-order valence-corrected chi connectivity index (χ4v) is 1.87. The highest BCUT2D eigenvalue weighted by molar-refractivity contribution is 6.30. The molecule has 0 heterocycles. The van der Waals surface area contributed by atoms with Gasteiger partial charge in [0.2, 0.25) is 0 Å². The summed E-state index contributed by atoms with van der Waals surface area (Å²) in [6.07, 6.45) is 0. The van der Waals surface area contributed by atoms with Gasteiger partial charge in [0.05, 0.1) is 12.2 Å². The van der Waals surface area contributed by atoms with E-state index in [9.17, 15) is 9.18 Å². The molecule has 3 N–H and O–H groups in total. The molecule has 0 aliphatic heterocycles. The topological polar surface area (TPSA) is 55.1 Å². The van der Waals surface area contributed by atoms with Crippen molar-refractivity contribution in [2.45, 2.75) is 0 Å². The van der Waals surface area contributed by atoms with Crippen molar-refractivity contribution in [2.24, 2.45) is 5.73 Å². The number of benzene rings is 2. The van der Waals surface area contributed by atoms with Gasteiger partial charge in [0.25, 0.3) is 5.91 Å². The van der Waals surface area contributed by atoms with Crippen molar-refractivity contribution in [3.63, 3.8) is 0 Å². The highest BCUT2D eigenvalue weighted by Crippen LogP contribution is 2.20. The minimum atomic E-state index is -0.470. The fourth-order valence-electron chi connectivity index (χ4n) is 1.70. The minimum absolute atomic E-state index is 0.198. The van der Waals surface area contributed by atoms with E-state index in [1.54, 1.807) is 18.2 Å². The monoisotopic (exact) mass is 302 g/mol. The van der Waals surface area contributed by atoms with Crippen molar-refractivity contribution in [2.75, 3.05) is 11.9 Å². The maximum Gasteiger partial charge on any atom is 0.255 e. The van der Waals surface area contributed by atoms with Crippen LogP contribution in [-0.4, -0.2) is 12.5 Å². The molecule has 0 atom stereocenters. The van der Waals surface area contributed by atoms with Crippen molar-refractivity contribution in [1.29, 1.82) is 0 Å². The minimum Gasteiger partial charge on any atom is -0.321 e. The van der Waals surface area contributed by atoms with Gasteiger partial charge in [0, 0.05) is 16.1 Å². The molecule has 106 valence electrons. The van der Waals surface area contributed by atoms with Crippen LogP contribution in [0.3, 0.4) is 0 Å². The zero-order valence-electron chi connectivity index (χ0n) is 11.0. The lowest BCUT2D eigenvalue weighted by atomic mass is 10.1. The molecule has 1 amide bonds. The van der Waals surface area contributed by atoms with E-state index in [0.29, 0.717) is 16.3 Å². The van der Waals surface area contributed by atoms with Crippen LogP contribution >= 0.6 is 11.6 Å². The van der Waals surface area contributed by atoms with Crippen LogP contribution in [0.4, 0.5) is 10.1 Å². The van der Waals surface area contributed by atoms with Crippen molar-refractivity contribution in [3.8, 4) is 11.8 Å². The normalized spacial score (nSPS) is 9.67. The van der Waals surface area contributed by atoms with Gasteiger partial charge in [0.15, 0.2) is 0 Å². The predicted molar refractivity (Wildman–Crippen MR) is 81.7 cm³/mol. The van der Waals surface area contributed by atoms with Crippen molar-refractivity contribution < 1.29 is 9.18 Å². The third-order valence-electron chi connectivity index (χ3n) is 2.64. The number of anilines is 1. The highest BCUT2D eigenvalue weighted by Gasteiger charge is 2.09. The maximum atomic E-state index is 13.1. The van der Waals surface area contributed by atoms with Crippen LogP contribution in [0.1, 0.15) is 15.9 Å². The molecule has 0 radical (unpaired) electrons. The molecule has 0 saturated heterocycles. The zero-order chi connectivity index (χ0) is 15.2. The van der Waals surface area contributed by atoms with Crippen LogP contribution in [0.25, 0.3) is 0 Å². The quantitative estimate of drug-likeness (QED) is 0.838. The van der Waals surface area contributed by atoms with E-state index in [1.165, 1.54) is 18.2 Å². The lowest BCUT2D eigenvalue weighted by Crippen LogP contribution is -2.13. The lowest BCUT2D eigenvalue weighted by molar-refractivity contribution is 0.102. The number of halogens is 2. The summed E-state index contributed by atoms with van der Waals surface area (Å²) in [4.78, 5) is 12.1. The maximum absolute atomic E-state index is 13.1. The van der Waals surface area contributed by atoms with Crippen LogP contribution < -0.4 is 11.1 Å². The van der Waals surface area contributed by atoms with Crippen molar-refractivity contribution in [3.05, 3.63) is 64.4 Å². The van der Waals surface area contributed by atoms with Gasteiger partial charge in [0.1, 0.15) is 5.82 Å². The van der Waals surface area contributed by atoms with E-state index < -0.39 is 11.7 Å². The van der Waals surface area contributed by atoms with E-state index in [-0.39, 0.29) is 12.1 Å². The number of nitrogens with one attached hydrogen (secondary N) is 1. The van der Waals surface area contributed by atoms with Gasteiger partial charge in [-0.3, -0.25) is 4.79 Å². The Morgan fingerprint density at radius 1 is 1.29 bits per heavy atom. The summed E-state index contributed by atoms with van der Waals surface area (Å²) < 4.78 is 13.1. The molecule has 0 fully saturated rings. The second kappa shape index (κ2) is 6.89. The molecule has 0 aliphatic rings. The van der Waals surface area contributed by atoms with Crippen LogP contribution in [-0.2, 0) is 0 Å². The average Bonchev–Trinajstić information content (AvgIpc) is 2.47. The van der Waals surface area contributed by atoms with Crippen molar-refractivity contribution in [1.82, 2.24) is 0 Å². The molecule has 21 heavy (non-hydrogen) atoms. The van der Waals surface area contributed by atoms with E-state index in [4.69, 9.17) is 17.3 Å². The highest BCUT2D eigenvalue weighted by atomic mass is 35.5. The second-order valence-electron chi connectivity index (χ2n) is 4.16. The number of rotatable bonds is 2. The summed E-state index contributed by atoms with van der Waals surface area (Å²) in [6, 6.07) is 10.3. The Labute approximate surface area is 126 Å². The van der Waals surface area contributed by atoms with Gasteiger partial charge < -0.3 is 11.1 Å². The SMILES string of the molecule is NCC#Cc1cc(Cl)ccc1NC(=O)c1cccc(F)c1. The Hall–Kier alpha value is -2.35. The summed E-state index contributed by atoms with van der Waals surface area (Å²) in [5, 5.41) is 3.18. The van der Waals surface area contributed by atoms with Gasteiger partial charge in [-0.05, 0) is 36.4 Å². The summed E-state index contributed by atoms with van der Waals surface area (Å²) >= 11 is 5.91. The smallest absolute Gasteiger partial charge is 0.255 e. The molecular weight excluding hydrogens is 291 g/mol. The first-order valence-corrected chi connectivity index (χ1v) is 6.53. The third-order valence-corrected chi connectivity index (χ3v) is 2.88. The first-order chi connectivity index (χ1) is 10.1. The summed E-state index contributed by atoms with van der Waals surface area (Å²) in [6.45, 7) is 0.198. The second-order valence-corrected chi connectivity index (χ2v) is 4.60. The fraction of sp³-hybridized carbons (Fsp3) is 0.0625. The molecular formula is C16H12ClFN2O. The molecule has 2 aromatic rings. The average molecular weight is 303 g/mol. The first-order valence-electron chi connectivity index (χ1n) is 6.15. The molecule has 0 unspecified atom stereocenters. The van der Waals surface area contributed by atoms with Crippen molar-refractivity contribution >= 4 is 23.2 Å². The zero-order valence-corrected chi connectivity index (χ0v) is 11.7. The number of hydrogen-bond donors (Lipinski definition) is 2. The Bertz CT molecular complexity index is 735. The number of nitrogens with two attached hydrogens (primary N) is 1. The van der Waals surface area contributed by atoms with Crippen LogP contribution in [0.15, 0.2) is 42.5 Å². The summed E-state index contributed by atoms with van der Waals surface area (Å²) in [7, 11) is 0. The Morgan fingerprint density at radius 2 is 2.10 bits per heavy atom.